The zero-order valence-corrected chi connectivity index (χ0v) is 21.1. The Labute approximate surface area is 214 Å². The van der Waals surface area contributed by atoms with E-state index in [1.165, 1.54) is 6.33 Å². The SMILES string of the molecule is CN(C)CCOc1cc2ncnc(-c3cn(C)nc3-c3ccccc3)c2nc1C1OCC2CC21C(N)=O. The number of carbonyl (C=O) groups is 1. The van der Waals surface area contributed by atoms with Crippen molar-refractivity contribution >= 4 is 16.9 Å². The summed E-state index contributed by atoms with van der Waals surface area (Å²) in [5.41, 5.74) is 10.2. The van der Waals surface area contributed by atoms with Gasteiger partial charge in [-0.3, -0.25) is 9.48 Å². The van der Waals surface area contributed by atoms with Crippen molar-refractivity contribution in [2.75, 3.05) is 33.9 Å². The third-order valence-corrected chi connectivity index (χ3v) is 7.32. The first-order chi connectivity index (χ1) is 17.9. The Morgan fingerprint density at radius 3 is 2.78 bits per heavy atom. The number of nitrogens with two attached hydrogens (primary N) is 1. The second-order valence-corrected chi connectivity index (χ2v) is 10.1. The molecule has 6 rings (SSSR count). The number of carbonyl (C=O) groups excluding carboxylic acids is 1. The Balaban J connectivity index is 1.52. The third kappa shape index (κ3) is 3.93. The molecule has 1 aliphatic heterocycles. The van der Waals surface area contributed by atoms with Crippen LogP contribution in [0.1, 0.15) is 18.2 Å². The highest BCUT2D eigenvalue weighted by Gasteiger charge is 2.69. The molecule has 37 heavy (non-hydrogen) atoms. The van der Waals surface area contributed by atoms with Gasteiger partial charge in [-0.05, 0) is 20.5 Å². The number of aryl methyl sites for hydroxylation is 1. The van der Waals surface area contributed by atoms with Crippen molar-refractivity contribution in [2.24, 2.45) is 24.1 Å². The molecule has 0 spiro atoms. The number of rotatable bonds is 8. The summed E-state index contributed by atoms with van der Waals surface area (Å²) in [6.45, 7) is 1.65. The van der Waals surface area contributed by atoms with Crippen LogP contribution >= 0.6 is 0 Å². The Hall–Kier alpha value is -3.89. The molecule has 3 unspecified atom stereocenters. The van der Waals surface area contributed by atoms with Gasteiger partial charge in [0.15, 0.2) is 0 Å². The topological polar surface area (TPSA) is 121 Å². The number of benzene rings is 1. The van der Waals surface area contributed by atoms with Crippen LogP contribution in [0.5, 0.6) is 5.75 Å². The van der Waals surface area contributed by atoms with E-state index in [-0.39, 0.29) is 11.8 Å². The lowest BCUT2D eigenvalue weighted by Crippen LogP contribution is -2.31. The maximum Gasteiger partial charge on any atom is 0.227 e. The van der Waals surface area contributed by atoms with Gasteiger partial charge in [-0.15, -0.1) is 0 Å². The van der Waals surface area contributed by atoms with Gasteiger partial charge in [0.1, 0.15) is 47.4 Å². The van der Waals surface area contributed by atoms with Gasteiger partial charge >= 0.3 is 0 Å². The van der Waals surface area contributed by atoms with Crippen molar-refractivity contribution in [3.63, 3.8) is 0 Å². The summed E-state index contributed by atoms with van der Waals surface area (Å²) in [4.78, 5) is 28.8. The van der Waals surface area contributed by atoms with Crippen molar-refractivity contribution < 1.29 is 14.3 Å². The summed E-state index contributed by atoms with van der Waals surface area (Å²) in [5.74, 6) is 0.299. The highest BCUT2D eigenvalue weighted by Crippen LogP contribution is 2.66. The molecule has 4 aromatic rings. The quantitative estimate of drug-likeness (QED) is 0.393. The normalized spacial score (nSPS) is 22.4. The summed E-state index contributed by atoms with van der Waals surface area (Å²) < 4.78 is 14.1. The van der Waals surface area contributed by atoms with Crippen molar-refractivity contribution in [1.29, 1.82) is 0 Å². The first kappa shape index (κ1) is 23.5. The van der Waals surface area contributed by atoms with Crippen LogP contribution in [0.3, 0.4) is 0 Å². The van der Waals surface area contributed by atoms with Crippen molar-refractivity contribution in [2.45, 2.75) is 12.5 Å². The lowest BCUT2D eigenvalue weighted by Gasteiger charge is -2.23. The van der Waals surface area contributed by atoms with Gasteiger partial charge < -0.3 is 20.1 Å². The van der Waals surface area contributed by atoms with E-state index in [1.54, 1.807) is 4.68 Å². The fourth-order valence-electron chi connectivity index (χ4n) is 5.28. The average Bonchev–Trinajstić information content (AvgIpc) is 3.31. The summed E-state index contributed by atoms with van der Waals surface area (Å²) in [6.07, 6.45) is 3.58. The molecule has 3 atom stereocenters. The Kier molecular flexibility index (Phi) is 5.65. The van der Waals surface area contributed by atoms with E-state index < -0.39 is 11.5 Å². The van der Waals surface area contributed by atoms with Crippen LogP contribution < -0.4 is 10.5 Å². The summed E-state index contributed by atoms with van der Waals surface area (Å²) >= 11 is 0. The van der Waals surface area contributed by atoms with Crippen LogP contribution in [-0.4, -0.2) is 69.4 Å². The van der Waals surface area contributed by atoms with E-state index in [1.807, 2.05) is 68.6 Å². The minimum absolute atomic E-state index is 0.108. The molecule has 10 nitrogen and oxygen atoms in total. The predicted molar refractivity (Wildman–Crippen MR) is 137 cm³/mol. The van der Waals surface area contributed by atoms with Gasteiger partial charge in [-0.1, -0.05) is 30.3 Å². The monoisotopic (exact) mass is 499 g/mol. The molecule has 1 saturated carbocycles. The van der Waals surface area contributed by atoms with Crippen LogP contribution in [0.25, 0.3) is 33.5 Å². The van der Waals surface area contributed by atoms with Gasteiger partial charge in [-0.2, -0.15) is 5.10 Å². The van der Waals surface area contributed by atoms with Crippen LogP contribution in [0.2, 0.25) is 0 Å². The number of hydrogen-bond acceptors (Lipinski definition) is 8. The van der Waals surface area contributed by atoms with Crippen LogP contribution in [0.4, 0.5) is 0 Å². The van der Waals surface area contributed by atoms with Gasteiger partial charge in [0.05, 0.1) is 17.5 Å². The molecule has 1 aromatic carbocycles. The van der Waals surface area contributed by atoms with E-state index in [2.05, 4.69) is 9.97 Å². The van der Waals surface area contributed by atoms with Gasteiger partial charge in [-0.25, -0.2) is 15.0 Å². The average molecular weight is 500 g/mol. The fourth-order valence-corrected chi connectivity index (χ4v) is 5.28. The number of likely N-dealkylation sites (N-methyl/N-ethyl adjacent to an activating group) is 1. The Morgan fingerprint density at radius 1 is 1.24 bits per heavy atom. The first-order valence-electron chi connectivity index (χ1n) is 12.3. The second kappa shape index (κ2) is 8.89. The summed E-state index contributed by atoms with van der Waals surface area (Å²) in [6, 6.07) is 11.8. The smallest absolute Gasteiger partial charge is 0.227 e. The number of fused-ring (bicyclic) bond motifs is 2. The largest absolute Gasteiger partial charge is 0.490 e. The zero-order chi connectivity index (χ0) is 25.7. The maximum absolute atomic E-state index is 12.6. The molecule has 190 valence electrons. The highest BCUT2D eigenvalue weighted by atomic mass is 16.5. The standard InChI is InChI=1S/C27H29N7O3/c1-33(2)9-10-36-20-11-19-23(31-24(20)25-27(26(28)35)12-17(27)14-37-25)22(30-15-29-19)18-13-34(3)32-21(18)16-7-5-4-6-8-16/h4-8,11,13,15,17,25H,9-10,12,14H2,1-3H3,(H2,28,35). The number of primary amides is 1. The first-order valence-corrected chi connectivity index (χ1v) is 12.3. The van der Waals surface area contributed by atoms with Crippen molar-refractivity contribution in [3.05, 3.63) is 54.6 Å². The maximum atomic E-state index is 12.6. The Morgan fingerprint density at radius 2 is 2.05 bits per heavy atom. The van der Waals surface area contributed by atoms with E-state index >= 15 is 0 Å². The molecule has 2 aliphatic rings. The number of hydrogen-bond donors (Lipinski definition) is 1. The zero-order valence-electron chi connectivity index (χ0n) is 21.1. The van der Waals surface area contributed by atoms with Gasteiger partial charge in [0.2, 0.25) is 5.91 Å². The van der Waals surface area contributed by atoms with Gasteiger partial charge in [0.25, 0.3) is 0 Å². The number of amides is 1. The second-order valence-electron chi connectivity index (χ2n) is 10.1. The molecule has 0 radical (unpaired) electrons. The number of ether oxygens (including phenoxy) is 2. The van der Waals surface area contributed by atoms with Crippen LogP contribution in [-0.2, 0) is 16.6 Å². The molecule has 10 heteroatoms. The lowest BCUT2D eigenvalue weighted by molar-refractivity contribution is -0.126. The van der Waals surface area contributed by atoms with E-state index in [4.69, 9.17) is 25.3 Å². The molecule has 1 saturated heterocycles. The molecule has 3 aromatic heterocycles. The lowest BCUT2D eigenvalue weighted by atomic mass is 9.93. The minimum atomic E-state index is -0.750. The number of nitrogens with zero attached hydrogens (tertiary/aromatic N) is 6. The fraction of sp³-hybridized carbons (Fsp3) is 0.370. The van der Waals surface area contributed by atoms with Gasteiger partial charge in [0, 0.05) is 42.9 Å². The van der Waals surface area contributed by atoms with Crippen LogP contribution in [0.15, 0.2) is 48.9 Å². The van der Waals surface area contributed by atoms with Crippen LogP contribution in [0, 0.1) is 11.3 Å². The Bertz CT molecular complexity index is 1490. The van der Waals surface area contributed by atoms with Crippen molar-refractivity contribution in [1.82, 2.24) is 29.6 Å². The molecule has 1 aliphatic carbocycles. The summed E-state index contributed by atoms with van der Waals surface area (Å²) in [7, 11) is 5.85. The highest BCUT2D eigenvalue weighted by molar-refractivity contribution is 5.94. The summed E-state index contributed by atoms with van der Waals surface area (Å²) in [5, 5.41) is 4.70. The number of pyridine rings is 1. The molecule has 2 fully saturated rings. The predicted octanol–water partition coefficient (Wildman–Crippen LogP) is 2.60. The number of aromatic nitrogens is 5. The molecular formula is C27H29N7O3. The molecule has 1 amide bonds. The van der Waals surface area contributed by atoms with E-state index in [9.17, 15) is 4.79 Å². The van der Waals surface area contributed by atoms with E-state index in [0.29, 0.717) is 47.8 Å². The molecule has 4 heterocycles. The van der Waals surface area contributed by atoms with E-state index in [0.717, 1.165) is 23.4 Å². The molecular weight excluding hydrogens is 470 g/mol. The van der Waals surface area contributed by atoms with Crippen molar-refractivity contribution in [3.8, 4) is 28.3 Å². The minimum Gasteiger partial charge on any atom is -0.490 e. The molecule has 0 bridgehead atoms. The molecule has 2 N–H and O–H groups in total. The third-order valence-electron chi connectivity index (χ3n) is 7.32.